The van der Waals surface area contributed by atoms with Gasteiger partial charge in [-0.2, -0.15) is 91.3 Å². The fourth-order valence-electron chi connectivity index (χ4n) is 11.2. The molecule has 0 saturated carbocycles. The second-order valence-electron chi connectivity index (χ2n) is 35.8. The predicted molar refractivity (Wildman–Crippen MR) is 458 cm³/mol. The molecule has 0 unspecified atom stereocenters. The number of rotatable bonds is 24. The van der Waals surface area contributed by atoms with Crippen molar-refractivity contribution in [3.8, 4) is 11.1 Å². The average Bonchev–Trinajstić information content (AvgIpc) is 1.64. The Labute approximate surface area is 771 Å². The first-order valence-electron chi connectivity index (χ1n) is 41.1. The van der Waals surface area contributed by atoms with Crippen LogP contribution in [-0.2, 0) is 148 Å². The van der Waals surface area contributed by atoms with Crippen LogP contribution in [0.25, 0.3) is 11.1 Å². The Balaban J connectivity index is 0.000000560. The van der Waals surface area contributed by atoms with Gasteiger partial charge in [-0.25, -0.2) is 27.2 Å². The molecule has 0 fully saturated rings. The first-order chi connectivity index (χ1) is 60.8. The van der Waals surface area contributed by atoms with Gasteiger partial charge in [0.05, 0.1) is 73.4 Å². The fraction of sp³-hybridized carbons (Fsp3) is 0.539. The molecule has 0 aliphatic rings. The highest BCUT2D eigenvalue weighted by Gasteiger charge is 2.44. The molecule has 45 heteroatoms. The van der Waals surface area contributed by atoms with Crippen LogP contribution >= 0.6 is 15.9 Å². The maximum absolute atomic E-state index is 14.2. The van der Waals surface area contributed by atoms with Gasteiger partial charge < -0.3 is 29.8 Å². The van der Waals surface area contributed by atoms with Gasteiger partial charge >= 0.3 is 60.7 Å². The number of halogens is 19. The third kappa shape index (κ3) is 39.7. The van der Waals surface area contributed by atoms with E-state index in [1.165, 1.54) is 45.0 Å². The Hall–Kier alpha value is -11.3. The first-order valence-corrected chi connectivity index (χ1v) is 42.2. The number of esters is 4. The number of carboxylic acid groups (broad SMARTS) is 1. The van der Waals surface area contributed by atoms with E-state index in [0.717, 1.165) is 52.5 Å². The van der Waals surface area contributed by atoms with Crippen LogP contribution < -0.4 is 5.73 Å². The second-order valence-corrected chi connectivity index (χ2v) is 36.4. The number of ketones is 3. The lowest BCUT2D eigenvalue weighted by atomic mass is 9.86. The number of carbonyl (C=O) groups excluding carboxylic acids is 8. The van der Waals surface area contributed by atoms with Gasteiger partial charge in [0, 0.05) is 74.0 Å². The lowest BCUT2D eigenvalue weighted by Gasteiger charge is -2.20. The topological polar surface area (TPSA) is 339 Å². The fourth-order valence-corrected chi connectivity index (χ4v) is 11.4. The summed E-state index contributed by atoms with van der Waals surface area (Å²) in [5.74, 6) is -10.2. The van der Waals surface area contributed by atoms with Crippen molar-refractivity contribution in [2.24, 2.45) is 11.1 Å². The van der Waals surface area contributed by atoms with Crippen molar-refractivity contribution >= 4 is 69.0 Å². The predicted octanol–water partition coefficient (Wildman–Crippen LogP) is 19.7. The number of carboxylic acids is 1. The third-order valence-electron chi connectivity index (χ3n) is 18.0. The van der Waals surface area contributed by atoms with Gasteiger partial charge in [0.2, 0.25) is 5.78 Å². The number of primary amides is 1. The molecule has 0 aliphatic heterocycles. The highest BCUT2D eigenvalue weighted by atomic mass is 79.9. The van der Waals surface area contributed by atoms with Gasteiger partial charge in [-0.05, 0) is 113 Å². The molecule has 134 heavy (non-hydrogen) atoms. The molecule has 6 aromatic heterocycles. The highest BCUT2D eigenvalue weighted by molar-refractivity contribution is 9.09. The maximum Gasteiger partial charge on any atom is 0.450 e. The smallest absolute Gasteiger partial charge is 0.450 e. The van der Waals surface area contributed by atoms with Gasteiger partial charge in [-0.3, -0.25) is 57.5 Å². The minimum absolute atomic E-state index is 0.00380. The number of carbonyl (C=O) groups is 9. The molecule has 0 radical (unpaired) electrons. The van der Waals surface area contributed by atoms with E-state index in [-0.39, 0.29) is 85.6 Å². The summed E-state index contributed by atoms with van der Waals surface area (Å²) in [6.07, 6.45) is -22.5. The number of hydrogen-bond acceptors (Lipinski definition) is 19. The molecular formula is C89H113BrF18N12O14. The van der Waals surface area contributed by atoms with Crippen LogP contribution in [0, 0.1) is 29.8 Å². The summed E-state index contributed by atoms with van der Waals surface area (Å²) in [4.78, 5) is 106. The average molecular weight is 2000 g/mol. The van der Waals surface area contributed by atoms with Gasteiger partial charge in [0.1, 0.15) is 71.8 Å². The number of nitrogens with two attached hydrogens (primary N) is 1. The summed E-state index contributed by atoms with van der Waals surface area (Å²) < 4.78 is 254. The Morgan fingerprint density at radius 1 is 0.433 bits per heavy atom. The third-order valence-corrected chi connectivity index (χ3v) is 18.5. The highest BCUT2D eigenvalue weighted by Crippen LogP contribution is 2.39. The molecular weight excluding hydrogens is 1880 g/mol. The number of Topliss-reactive ketones (excluding diaryl/α,β-unsaturated/α-hetero) is 3. The number of aromatic nitrogens is 11. The van der Waals surface area contributed by atoms with Gasteiger partial charge in [0.25, 0.3) is 5.91 Å². The minimum atomic E-state index is -4.90. The van der Waals surface area contributed by atoms with E-state index in [1.54, 1.807) is 134 Å². The van der Waals surface area contributed by atoms with E-state index in [2.05, 4.69) is 60.6 Å². The summed E-state index contributed by atoms with van der Waals surface area (Å²) >= 11 is 2.94. The van der Waals surface area contributed by atoms with Crippen molar-refractivity contribution in [2.75, 3.05) is 31.8 Å². The summed E-state index contributed by atoms with van der Waals surface area (Å²) in [5.41, 5.74) is 2.55. The van der Waals surface area contributed by atoms with Crippen LogP contribution in [0.3, 0.4) is 0 Å². The molecule has 746 valence electrons. The van der Waals surface area contributed by atoms with E-state index in [1.807, 2.05) is 33.8 Å². The lowest BCUT2D eigenvalue weighted by molar-refractivity contribution is -0.172. The van der Waals surface area contributed by atoms with E-state index >= 15 is 0 Å². The zero-order valence-electron chi connectivity index (χ0n) is 78.3. The number of benzene rings is 2. The van der Waals surface area contributed by atoms with Crippen LogP contribution in [0.15, 0.2) is 85.1 Å². The monoisotopic (exact) mass is 1990 g/mol. The zero-order valence-corrected chi connectivity index (χ0v) is 79.9. The molecule has 6 heterocycles. The van der Waals surface area contributed by atoms with Crippen molar-refractivity contribution in [2.45, 2.75) is 275 Å². The quantitative estimate of drug-likeness (QED) is 0.0187. The largest absolute Gasteiger partial charge is 0.480 e. The molecule has 26 nitrogen and oxygen atoms in total. The number of aryl methyl sites for hydroxylation is 1. The Bertz CT molecular complexity index is 5040. The Morgan fingerprint density at radius 2 is 0.799 bits per heavy atom. The number of alkyl halides is 16. The molecule has 8 aromatic rings. The summed E-state index contributed by atoms with van der Waals surface area (Å²) in [7, 11) is 0. The minimum Gasteiger partial charge on any atom is -0.480 e. The SMILES string of the molecule is CC(C)(C)C(=O)CC(=O)C(F)(F)F.CC(C)(C)c1cc(C(F)(F)F)n(CC(=O)O)n1.CCOC(=O)CBr.CCOC(=O)Cn1nc(C(C)(C)C)cc1C(F)(F)F.CCOC(=O)Cn1nc(C(C)(C)C)cc1C(F)(F)F.CCOC(=O)Cn1nc(C(F)(F)F)cc1C(C)(C)C.Cc1cc(C(C)(C)C)nn1CC(=O)C[C@@H](Cc1cc(F)cc(F)c1)c1ncccc1-c1ccc(F)c(C(N)=O)c1. The van der Waals surface area contributed by atoms with Crippen molar-refractivity contribution in [1.82, 2.24) is 53.9 Å². The summed E-state index contributed by atoms with van der Waals surface area (Å²) in [6, 6.07) is 16.4. The van der Waals surface area contributed by atoms with Crippen molar-refractivity contribution < 1.29 is 146 Å². The molecule has 2 aromatic carbocycles. The van der Waals surface area contributed by atoms with Crippen LogP contribution in [0.4, 0.5) is 79.0 Å². The van der Waals surface area contributed by atoms with Gasteiger partial charge in [-0.1, -0.05) is 153 Å². The van der Waals surface area contributed by atoms with Crippen molar-refractivity contribution in [1.29, 1.82) is 0 Å². The number of amides is 1. The molecule has 3 N–H and O–H groups in total. The number of ether oxygens (including phenoxy) is 4. The van der Waals surface area contributed by atoms with Crippen LogP contribution in [-0.4, -0.2) is 150 Å². The molecule has 0 aliphatic carbocycles. The van der Waals surface area contributed by atoms with Crippen LogP contribution in [0.2, 0.25) is 0 Å². The Kier molecular flexibility index (Phi) is 43.2. The van der Waals surface area contributed by atoms with Crippen molar-refractivity contribution in [3.63, 3.8) is 0 Å². The van der Waals surface area contributed by atoms with Gasteiger partial charge in [0.15, 0.2) is 11.5 Å². The number of pyridine rings is 1. The summed E-state index contributed by atoms with van der Waals surface area (Å²) in [6.45, 7) is 38.6. The first kappa shape index (κ1) is 119. The zero-order chi connectivity index (χ0) is 104. The number of hydrogen-bond donors (Lipinski definition) is 2. The molecule has 0 saturated heterocycles. The molecule has 1 amide bonds. The normalized spacial score (nSPS) is 12.3. The second kappa shape index (κ2) is 48.7. The standard InChI is InChI=1S/C31H31F3N4O2.3C12H17F3N2O2.C10H13F3N2O2.C8H11F3O2.C4H7BrO2/c1-18-10-28(31(2,3)4)37-38(18)17-24(39)14-21(11-19-12-22(32)16-23(33)13-19)29-25(6-5-9-36-29)20-7-8-27(34)26(15-20)30(35)40;1-5-19-10(18)7-17-9(11(2,3)4)6-8(16-17)12(13,14)15;2*1-5-19-10(18)7-17-9(12(13,14)15)6-8(16-17)11(2,3)4;1-9(2,3)6-4-7(10(11,12)13)15(14-6)5-8(16)17;1-7(2,3)5(12)4-6(13)8(9,10)11;1-2-7-4(6)3-5/h5-10,12-13,15-16,21H,11,14,17H2,1-4H3,(H2,35,40);3*6H,5,7H2,1-4H3;4H,5H2,1-3H3,(H,16,17);4H2,1-3H3;2-3H2,1H3/t21-;;;;;;/m1....../s1. The van der Waals surface area contributed by atoms with E-state index in [9.17, 15) is 122 Å². The number of nitrogens with zero attached hydrogens (tertiary/aromatic N) is 11. The van der Waals surface area contributed by atoms with Gasteiger partial charge in [-0.15, -0.1) is 0 Å². The van der Waals surface area contributed by atoms with Crippen LogP contribution in [0.5, 0.6) is 0 Å². The van der Waals surface area contributed by atoms with E-state index < -0.39 is 172 Å². The molecule has 0 spiro atoms. The van der Waals surface area contributed by atoms with Crippen LogP contribution in [0.1, 0.15) is 250 Å². The molecule has 1 atom stereocenters. The van der Waals surface area contributed by atoms with E-state index in [0.29, 0.717) is 54.1 Å². The van der Waals surface area contributed by atoms with E-state index in [4.69, 9.17) is 15.6 Å². The summed E-state index contributed by atoms with van der Waals surface area (Å²) in [5, 5.41) is 28.3. The number of aliphatic carboxylic acids is 1. The molecule has 8 rings (SSSR count). The molecule has 0 bridgehead atoms. The van der Waals surface area contributed by atoms with Crippen molar-refractivity contribution in [3.05, 3.63) is 176 Å². The Morgan fingerprint density at radius 3 is 1.13 bits per heavy atom. The lowest BCUT2D eigenvalue weighted by Crippen LogP contribution is -2.30. The maximum atomic E-state index is 14.2.